The topological polar surface area (TPSA) is 29.3 Å². The standard InChI is InChI=1S/C17H21N3S/c1-12(2)8-9-18-17-16(14-5-4-10-21-14)19-15-7-6-13(3)11-20(15)17/h4-7,10-12,18H,8-9H2,1-3H3. The van der Waals surface area contributed by atoms with Gasteiger partial charge in [0, 0.05) is 12.7 Å². The number of fused-ring (bicyclic) bond motifs is 1. The number of hydrogen-bond donors (Lipinski definition) is 1. The van der Waals surface area contributed by atoms with Crippen LogP contribution in [0, 0.1) is 12.8 Å². The molecule has 1 N–H and O–H groups in total. The molecular weight excluding hydrogens is 278 g/mol. The third-order valence-corrected chi connectivity index (χ3v) is 4.41. The van der Waals surface area contributed by atoms with Gasteiger partial charge in [-0.3, -0.25) is 4.40 Å². The zero-order chi connectivity index (χ0) is 14.8. The van der Waals surface area contributed by atoms with Crippen LogP contribution < -0.4 is 5.32 Å². The van der Waals surface area contributed by atoms with Crippen molar-refractivity contribution < 1.29 is 0 Å². The van der Waals surface area contributed by atoms with Gasteiger partial charge in [0.25, 0.3) is 0 Å². The highest BCUT2D eigenvalue weighted by molar-refractivity contribution is 7.13. The fraction of sp³-hybridized carbons (Fsp3) is 0.353. The van der Waals surface area contributed by atoms with Crippen molar-refractivity contribution in [3.8, 4) is 10.6 Å². The van der Waals surface area contributed by atoms with Crippen molar-refractivity contribution in [3.05, 3.63) is 41.4 Å². The van der Waals surface area contributed by atoms with Crippen molar-refractivity contribution in [1.82, 2.24) is 9.38 Å². The van der Waals surface area contributed by atoms with Gasteiger partial charge in [0.2, 0.25) is 0 Å². The fourth-order valence-corrected chi connectivity index (χ4v) is 3.10. The van der Waals surface area contributed by atoms with Crippen molar-refractivity contribution in [2.24, 2.45) is 5.92 Å². The quantitative estimate of drug-likeness (QED) is 0.731. The van der Waals surface area contributed by atoms with E-state index in [-0.39, 0.29) is 0 Å². The molecule has 3 aromatic heterocycles. The van der Waals surface area contributed by atoms with Crippen LogP contribution in [0.25, 0.3) is 16.2 Å². The van der Waals surface area contributed by atoms with Crippen LogP contribution in [0.2, 0.25) is 0 Å². The second-order valence-electron chi connectivity index (χ2n) is 5.83. The molecule has 0 radical (unpaired) electrons. The van der Waals surface area contributed by atoms with E-state index < -0.39 is 0 Å². The number of aromatic nitrogens is 2. The van der Waals surface area contributed by atoms with Gasteiger partial charge in [-0.2, -0.15) is 0 Å². The lowest BCUT2D eigenvalue weighted by molar-refractivity contribution is 0.606. The van der Waals surface area contributed by atoms with E-state index >= 15 is 0 Å². The Morgan fingerprint density at radius 3 is 2.86 bits per heavy atom. The monoisotopic (exact) mass is 299 g/mol. The average Bonchev–Trinajstić information content (AvgIpc) is 3.06. The molecule has 0 saturated heterocycles. The smallest absolute Gasteiger partial charge is 0.139 e. The first-order valence-corrected chi connectivity index (χ1v) is 8.29. The van der Waals surface area contributed by atoms with E-state index in [1.165, 1.54) is 10.4 Å². The number of pyridine rings is 1. The largest absolute Gasteiger partial charge is 0.369 e. The number of aryl methyl sites for hydroxylation is 1. The predicted octanol–water partition coefficient (Wildman–Crippen LogP) is 4.83. The predicted molar refractivity (Wildman–Crippen MR) is 91.2 cm³/mol. The SMILES string of the molecule is Cc1ccc2nc(-c3cccs3)c(NCCC(C)C)n2c1. The minimum atomic E-state index is 0.698. The molecule has 3 nitrogen and oxygen atoms in total. The molecule has 110 valence electrons. The highest BCUT2D eigenvalue weighted by Crippen LogP contribution is 2.32. The molecule has 0 aliphatic rings. The third-order valence-electron chi connectivity index (χ3n) is 3.54. The maximum Gasteiger partial charge on any atom is 0.139 e. The zero-order valence-corrected chi connectivity index (χ0v) is 13.6. The summed E-state index contributed by atoms with van der Waals surface area (Å²) in [6.45, 7) is 7.58. The maximum atomic E-state index is 4.80. The summed E-state index contributed by atoms with van der Waals surface area (Å²) in [7, 11) is 0. The molecule has 3 rings (SSSR count). The molecule has 0 unspecified atom stereocenters. The first-order valence-electron chi connectivity index (χ1n) is 7.41. The minimum Gasteiger partial charge on any atom is -0.369 e. The Hall–Kier alpha value is -1.81. The van der Waals surface area contributed by atoms with Crippen LogP contribution in [0.4, 0.5) is 5.82 Å². The van der Waals surface area contributed by atoms with E-state index in [9.17, 15) is 0 Å². The second-order valence-corrected chi connectivity index (χ2v) is 6.78. The Kier molecular flexibility index (Phi) is 3.97. The lowest BCUT2D eigenvalue weighted by Crippen LogP contribution is -2.07. The molecular formula is C17H21N3S. The second kappa shape index (κ2) is 5.90. The van der Waals surface area contributed by atoms with Gasteiger partial charge in [0.1, 0.15) is 17.2 Å². The van der Waals surface area contributed by atoms with E-state index in [0.29, 0.717) is 5.92 Å². The molecule has 4 heteroatoms. The van der Waals surface area contributed by atoms with Crippen molar-refractivity contribution in [3.63, 3.8) is 0 Å². The van der Waals surface area contributed by atoms with Gasteiger partial charge in [0.05, 0.1) is 4.88 Å². The Morgan fingerprint density at radius 2 is 2.14 bits per heavy atom. The van der Waals surface area contributed by atoms with E-state index in [1.807, 2.05) is 0 Å². The average molecular weight is 299 g/mol. The maximum absolute atomic E-state index is 4.80. The van der Waals surface area contributed by atoms with Crippen LogP contribution in [-0.4, -0.2) is 15.9 Å². The molecule has 0 atom stereocenters. The van der Waals surface area contributed by atoms with E-state index in [2.05, 4.69) is 66.3 Å². The Bertz CT molecular complexity index is 726. The van der Waals surface area contributed by atoms with E-state index in [1.54, 1.807) is 11.3 Å². The van der Waals surface area contributed by atoms with Crippen molar-refractivity contribution in [2.75, 3.05) is 11.9 Å². The van der Waals surface area contributed by atoms with Crippen molar-refractivity contribution in [1.29, 1.82) is 0 Å². The first-order chi connectivity index (χ1) is 10.1. The Labute approximate surface area is 129 Å². The normalized spacial score (nSPS) is 11.4. The van der Waals surface area contributed by atoms with E-state index in [0.717, 1.165) is 30.1 Å². The summed E-state index contributed by atoms with van der Waals surface area (Å²) in [4.78, 5) is 6.02. The fourth-order valence-electron chi connectivity index (χ4n) is 2.38. The van der Waals surface area contributed by atoms with Gasteiger partial charge < -0.3 is 5.32 Å². The zero-order valence-electron chi connectivity index (χ0n) is 12.8. The molecule has 21 heavy (non-hydrogen) atoms. The molecule has 0 saturated carbocycles. The van der Waals surface area contributed by atoms with Crippen LogP contribution in [-0.2, 0) is 0 Å². The van der Waals surface area contributed by atoms with Crippen LogP contribution in [0.15, 0.2) is 35.8 Å². The van der Waals surface area contributed by atoms with Crippen LogP contribution in [0.3, 0.4) is 0 Å². The molecule has 0 aliphatic carbocycles. The summed E-state index contributed by atoms with van der Waals surface area (Å²) in [6, 6.07) is 8.40. The lowest BCUT2D eigenvalue weighted by Gasteiger charge is -2.10. The van der Waals surface area contributed by atoms with Crippen LogP contribution >= 0.6 is 11.3 Å². The van der Waals surface area contributed by atoms with Gasteiger partial charge in [0.15, 0.2) is 0 Å². The molecule has 0 bridgehead atoms. The number of imidazole rings is 1. The van der Waals surface area contributed by atoms with Gasteiger partial charge >= 0.3 is 0 Å². The van der Waals surface area contributed by atoms with Gasteiger partial charge in [-0.05, 0) is 42.3 Å². The Morgan fingerprint density at radius 1 is 1.29 bits per heavy atom. The van der Waals surface area contributed by atoms with Crippen molar-refractivity contribution >= 4 is 22.8 Å². The summed E-state index contributed by atoms with van der Waals surface area (Å²) >= 11 is 1.73. The molecule has 0 aliphatic heterocycles. The molecule has 0 spiro atoms. The summed E-state index contributed by atoms with van der Waals surface area (Å²) in [5.74, 6) is 1.81. The Balaban J connectivity index is 2.04. The van der Waals surface area contributed by atoms with Crippen molar-refractivity contribution in [2.45, 2.75) is 27.2 Å². The highest BCUT2D eigenvalue weighted by Gasteiger charge is 2.14. The first kappa shape index (κ1) is 14.1. The van der Waals surface area contributed by atoms with Gasteiger partial charge in [-0.15, -0.1) is 11.3 Å². The number of nitrogens with zero attached hydrogens (tertiary/aromatic N) is 2. The van der Waals surface area contributed by atoms with Gasteiger partial charge in [-0.1, -0.05) is 26.0 Å². The lowest BCUT2D eigenvalue weighted by atomic mass is 10.1. The summed E-state index contributed by atoms with van der Waals surface area (Å²) < 4.78 is 2.17. The molecule has 0 fully saturated rings. The highest BCUT2D eigenvalue weighted by atomic mass is 32.1. The third kappa shape index (κ3) is 2.95. The molecule has 3 aromatic rings. The molecule has 3 heterocycles. The van der Waals surface area contributed by atoms with E-state index in [4.69, 9.17) is 4.98 Å². The van der Waals surface area contributed by atoms with Crippen LogP contribution in [0.1, 0.15) is 25.8 Å². The summed E-state index contributed by atoms with van der Waals surface area (Å²) in [5.41, 5.74) is 3.29. The number of anilines is 1. The summed E-state index contributed by atoms with van der Waals surface area (Å²) in [5, 5.41) is 5.69. The number of rotatable bonds is 5. The summed E-state index contributed by atoms with van der Waals surface area (Å²) in [6.07, 6.45) is 3.31. The molecule has 0 aromatic carbocycles. The molecule has 0 amide bonds. The number of hydrogen-bond acceptors (Lipinski definition) is 3. The number of nitrogens with one attached hydrogen (secondary N) is 1. The number of thiophene rings is 1. The van der Waals surface area contributed by atoms with Gasteiger partial charge in [-0.25, -0.2) is 4.98 Å². The minimum absolute atomic E-state index is 0.698. The van der Waals surface area contributed by atoms with Crippen LogP contribution in [0.5, 0.6) is 0 Å².